The number of anilines is 1. The van der Waals surface area contributed by atoms with Crippen molar-refractivity contribution in [2.24, 2.45) is 0 Å². The molecular formula is C19H14FN5OS. The number of nitrogens with zero attached hydrogens (tertiary/aromatic N) is 4. The highest BCUT2D eigenvalue weighted by molar-refractivity contribution is 7.14. The molecule has 0 aliphatic heterocycles. The molecule has 1 N–H and O–H groups in total. The molecule has 0 spiro atoms. The first kappa shape index (κ1) is 17.0. The second kappa shape index (κ2) is 7.08. The number of nitrogens with one attached hydrogen (secondary N) is 1. The van der Waals surface area contributed by atoms with Gasteiger partial charge in [0.05, 0.1) is 11.9 Å². The van der Waals surface area contributed by atoms with Crippen molar-refractivity contribution >= 4 is 22.4 Å². The lowest BCUT2D eigenvalue weighted by atomic mass is 10.2. The number of benzene rings is 1. The maximum absolute atomic E-state index is 14.0. The van der Waals surface area contributed by atoms with E-state index in [1.807, 2.05) is 24.4 Å². The number of hydrogen-bond acceptors (Lipinski definition) is 5. The average Bonchev–Trinajstić information content (AvgIpc) is 3.32. The molecule has 4 aromatic rings. The topological polar surface area (TPSA) is 72.7 Å². The molecule has 8 heteroatoms. The third-order valence-corrected chi connectivity index (χ3v) is 4.69. The first-order chi connectivity index (χ1) is 13.1. The van der Waals surface area contributed by atoms with Gasteiger partial charge in [-0.15, -0.1) is 11.3 Å². The SMILES string of the molecule is Cc1cccnc1-c1csc(NC(=O)c2ccnn2-c2ccccc2F)n1. The zero-order chi connectivity index (χ0) is 18.8. The lowest BCUT2D eigenvalue weighted by Gasteiger charge is -2.07. The van der Waals surface area contributed by atoms with Crippen LogP contribution in [0.5, 0.6) is 0 Å². The van der Waals surface area contributed by atoms with Crippen molar-refractivity contribution in [2.75, 3.05) is 5.32 Å². The van der Waals surface area contributed by atoms with Crippen LogP contribution in [0, 0.1) is 12.7 Å². The molecule has 6 nitrogen and oxygen atoms in total. The fourth-order valence-corrected chi connectivity index (χ4v) is 3.34. The van der Waals surface area contributed by atoms with Gasteiger partial charge in [0, 0.05) is 11.6 Å². The maximum Gasteiger partial charge on any atom is 0.276 e. The molecule has 0 aliphatic rings. The minimum Gasteiger partial charge on any atom is -0.296 e. The third-order valence-electron chi connectivity index (χ3n) is 3.93. The van der Waals surface area contributed by atoms with Crippen molar-refractivity contribution in [3.63, 3.8) is 0 Å². The van der Waals surface area contributed by atoms with Crippen LogP contribution < -0.4 is 5.32 Å². The summed E-state index contributed by atoms with van der Waals surface area (Å²) in [5, 5.41) is 9.07. The fraction of sp³-hybridized carbons (Fsp3) is 0.0526. The quantitative estimate of drug-likeness (QED) is 0.580. The summed E-state index contributed by atoms with van der Waals surface area (Å²) < 4.78 is 15.3. The van der Waals surface area contributed by atoms with E-state index < -0.39 is 11.7 Å². The molecular weight excluding hydrogens is 365 g/mol. The highest BCUT2D eigenvalue weighted by Crippen LogP contribution is 2.26. The lowest BCUT2D eigenvalue weighted by molar-refractivity contribution is 0.101. The second-order valence-corrected chi connectivity index (χ2v) is 6.60. The van der Waals surface area contributed by atoms with E-state index in [0.29, 0.717) is 10.8 Å². The second-order valence-electron chi connectivity index (χ2n) is 5.74. The van der Waals surface area contributed by atoms with Crippen LogP contribution in [0.25, 0.3) is 17.1 Å². The number of thiazole rings is 1. The summed E-state index contributed by atoms with van der Waals surface area (Å²) in [6, 6.07) is 11.5. The smallest absolute Gasteiger partial charge is 0.276 e. The van der Waals surface area contributed by atoms with Gasteiger partial charge in [-0.05, 0) is 36.8 Å². The summed E-state index contributed by atoms with van der Waals surface area (Å²) in [5.74, 6) is -0.883. The Kier molecular flexibility index (Phi) is 4.47. The number of halogens is 1. The molecule has 1 amide bonds. The Bertz CT molecular complexity index is 1120. The molecule has 3 heterocycles. The molecule has 27 heavy (non-hydrogen) atoms. The van der Waals surface area contributed by atoms with Gasteiger partial charge in [0.2, 0.25) is 0 Å². The number of aryl methyl sites for hydroxylation is 1. The van der Waals surface area contributed by atoms with Crippen molar-refractivity contribution in [1.82, 2.24) is 19.7 Å². The number of amides is 1. The lowest BCUT2D eigenvalue weighted by Crippen LogP contribution is -2.17. The van der Waals surface area contributed by atoms with Crippen molar-refractivity contribution in [2.45, 2.75) is 6.92 Å². The molecule has 0 saturated heterocycles. The number of carbonyl (C=O) groups is 1. The van der Waals surface area contributed by atoms with Gasteiger partial charge in [0.25, 0.3) is 5.91 Å². The number of hydrogen-bond donors (Lipinski definition) is 1. The molecule has 1 aromatic carbocycles. The zero-order valence-electron chi connectivity index (χ0n) is 14.3. The van der Waals surface area contributed by atoms with Crippen LogP contribution in [-0.4, -0.2) is 25.7 Å². The molecule has 0 fully saturated rings. The van der Waals surface area contributed by atoms with Gasteiger partial charge < -0.3 is 0 Å². The molecule has 4 rings (SSSR count). The highest BCUT2D eigenvalue weighted by atomic mass is 32.1. The molecule has 0 bridgehead atoms. The van der Waals surface area contributed by atoms with E-state index in [2.05, 4.69) is 20.4 Å². The van der Waals surface area contributed by atoms with Crippen molar-refractivity contribution < 1.29 is 9.18 Å². The van der Waals surface area contributed by atoms with Crippen LogP contribution in [0.2, 0.25) is 0 Å². The Hall–Kier alpha value is -3.39. The minimum absolute atomic E-state index is 0.205. The third kappa shape index (κ3) is 3.34. The normalized spacial score (nSPS) is 10.7. The van der Waals surface area contributed by atoms with E-state index in [4.69, 9.17) is 0 Å². The van der Waals surface area contributed by atoms with Crippen molar-refractivity contribution in [3.8, 4) is 17.1 Å². The van der Waals surface area contributed by atoms with E-state index in [0.717, 1.165) is 11.3 Å². The predicted molar refractivity (Wildman–Crippen MR) is 102 cm³/mol. The molecule has 3 aromatic heterocycles. The summed E-state index contributed by atoms with van der Waals surface area (Å²) >= 11 is 1.30. The summed E-state index contributed by atoms with van der Waals surface area (Å²) in [5.41, 5.74) is 2.88. The summed E-state index contributed by atoms with van der Waals surface area (Å²) in [4.78, 5) is 21.4. The average molecular weight is 379 g/mol. The van der Waals surface area contributed by atoms with Crippen LogP contribution in [0.4, 0.5) is 9.52 Å². The molecule has 0 radical (unpaired) electrons. The van der Waals surface area contributed by atoms with E-state index in [-0.39, 0.29) is 11.4 Å². The Morgan fingerprint density at radius 2 is 2.00 bits per heavy atom. The number of carbonyl (C=O) groups excluding carboxylic acids is 1. The molecule has 134 valence electrons. The number of rotatable bonds is 4. The van der Waals surface area contributed by atoms with Crippen molar-refractivity contribution in [3.05, 3.63) is 77.3 Å². The van der Waals surface area contributed by atoms with Crippen LogP contribution in [0.3, 0.4) is 0 Å². The van der Waals surface area contributed by atoms with Crippen molar-refractivity contribution in [1.29, 1.82) is 0 Å². The maximum atomic E-state index is 14.0. The van der Waals surface area contributed by atoms with Gasteiger partial charge in [-0.2, -0.15) is 5.10 Å². The summed E-state index contributed by atoms with van der Waals surface area (Å²) in [6.07, 6.45) is 3.15. The number of pyridine rings is 1. The fourth-order valence-electron chi connectivity index (χ4n) is 2.65. The number of para-hydroxylation sites is 1. The standard InChI is InChI=1S/C19H14FN5OS/c1-12-5-4-9-21-17(12)14-11-27-19(23-14)24-18(26)16-8-10-22-25(16)15-7-3-2-6-13(15)20/h2-11H,1H3,(H,23,24,26). The first-order valence-electron chi connectivity index (χ1n) is 8.11. The molecule has 0 aliphatic carbocycles. The summed E-state index contributed by atoms with van der Waals surface area (Å²) in [6.45, 7) is 1.95. The van der Waals surface area contributed by atoms with E-state index in [9.17, 15) is 9.18 Å². The largest absolute Gasteiger partial charge is 0.296 e. The molecule has 0 saturated carbocycles. The Balaban J connectivity index is 1.59. The van der Waals surface area contributed by atoms with Gasteiger partial charge in [-0.3, -0.25) is 15.1 Å². The zero-order valence-corrected chi connectivity index (χ0v) is 15.1. The number of aromatic nitrogens is 4. The molecule has 0 atom stereocenters. The van der Waals surface area contributed by atoms with Crippen LogP contribution in [-0.2, 0) is 0 Å². The van der Waals surface area contributed by atoms with Crippen LogP contribution >= 0.6 is 11.3 Å². The van der Waals surface area contributed by atoms with E-state index in [1.165, 1.54) is 34.3 Å². The van der Waals surface area contributed by atoms with Gasteiger partial charge in [-0.25, -0.2) is 14.1 Å². The Morgan fingerprint density at radius 3 is 2.81 bits per heavy atom. The van der Waals surface area contributed by atoms with E-state index >= 15 is 0 Å². The van der Waals surface area contributed by atoms with Gasteiger partial charge >= 0.3 is 0 Å². The summed E-state index contributed by atoms with van der Waals surface area (Å²) in [7, 11) is 0. The van der Waals surface area contributed by atoms with Crippen LogP contribution in [0.1, 0.15) is 16.1 Å². The van der Waals surface area contributed by atoms with Crippen LogP contribution in [0.15, 0.2) is 60.2 Å². The highest BCUT2D eigenvalue weighted by Gasteiger charge is 2.17. The van der Waals surface area contributed by atoms with Gasteiger partial charge in [-0.1, -0.05) is 18.2 Å². The predicted octanol–water partition coefficient (Wildman–Crippen LogP) is 4.09. The Labute approximate surface area is 158 Å². The van der Waals surface area contributed by atoms with E-state index in [1.54, 1.807) is 24.4 Å². The van der Waals surface area contributed by atoms with Gasteiger partial charge in [0.15, 0.2) is 5.13 Å². The first-order valence-corrected chi connectivity index (χ1v) is 8.99. The van der Waals surface area contributed by atoms with Gasteiger partial charge in [0.1, 0.15) is 22.9 Å². The Morgan fingerprint density at radius 1 is 1.15 bits per heavy atom. The molecule has 0 unspecified atom stereocenters. The minimum atomic E-state index is -0.461. The monoisotopic (exact) mass is 379 g/mol.